The van der Waals surface area contributed by atoms with E-state index in [1.54, 1.807) is 56.6 Å². The van der Waals surface area contributed by atoms with E-state index in [0.29, 0.717) is 10.8 Å². The third kappa shape index (κ3) is 6.34. The highest BCUT2D eigenvalue weighted by Gasteiger charge is 2.32. The number of esters is 1. The first kappa shape index (κ1) is 19.2. The number of ether oxygens (including phenoxy) is 2. The van der Waals surface area contributed by atoms with Crippen LogP contribution in [0.1, 0.15) is 19.4 Å². The van der Waals surface area contributed by atoms with Crippen LogP contribution in [0.5, 0.6) is 5.75 Å². The first-order chi connectivity index (χ1) is 11.9. The molecule has 0 bridgehead atoms. The highest BCUT2D eigenvalue weighted by atomic mass is 35.5. The molecule has 1 unspecified atom stereocenters. The van der Waals surface area contributed by atoms with E-state index < -0.39 is 11.6 Å². The van der Waals surface area contributed by atoms with Gasteiger partial charge in [-0.05, 0) is 44.2 Å². The number of hydrogen-bond acceptors (Lipinski definition) is 5. The predicted molar refractivity (Wildman–Crippen MR) is 94.3 cm³/mol. The van der Waals surface area contributed by atoms with Crippen LogP contribution in [0.4, 0.5) is 0 Å². The molecule has 1 aromatic heterocycles. The lowest BCUT2D eigenvalue weighted by Gasteiger charge is -2.26. The van der Waals surface area contributed by atoms with Crippen LogP contribution in [0.2, 0.25) is 5.02 Å². The first-order valence-corrected chi connectivity index (χ1v) is 8.27. The molecule has 1 atom stereocenters. The Hall–Kier alpha value is -2.15. The topological polar surface area (TPSA) is 75.9 Å². The highest BCUT2D eigenvalue weighted by Crippen LogP contribution is 2.21. The maximum absolute atomic E-state index is 12.2. The van der Waals surface area contributed by atoms with Crippen LogP contribution in [0, 0.1) is 5.21 Å². The van der Waals surface area contributed by atoms with Crippen molar-refractivity contribution in [3.05, 3.63) is 64.6 Å². The summed E-state index contributed by atoms with van der Waals surface area (Å²) < 4.78 is 10.8. The Labute approximate surface area is 151 Å². The average molecular weight is 365 g/mol. The fourth-order valence-electron chi connectivity index (χ4n) is 2.09. The summed E-state index contributed by atoms with van der Waals surface area (Å²) >= 11 is 5.82. The molecule has 7 heteroatoms. The van der Waals surface area contributed by atoms with E-state index in [0.717, 1.165) is 5.56 Å². The number of carbonyl (C=O) groups excluding carboxylic acids is 1. The number of aromatic nitrogens is 1. The Morgan fingerprint density at radius 3 is 2.64 bits per heavy atom. The highest BCUT2D eigenvalue weighted by molar-refractivity contribution is 6.30. The van der Waals surface area contributed by atoms with E-state index in [-0.39, 0.29) is 24.8 Å². The van der Waals surface area contributed by atoms with Gasteiger partial charge >= 0.3 is 5.97 Å². The van der Waals surface area contributed by atoms with Gasteiger partial charge in [0.2, 0.25) is 0 Å². The molecule has 0 aliphatic carbocycles. The second-order valence-corrected chi connectivity index (χ2v) is 6.47. The van der Waals surface area contributed by atoms with Crippen molar-refractivity contribution >= 4 is 17.6 Å². The molecule has 0 aliphatic heterocycles. The number of halogens is 1. The van der Waals surface area contributed by atoms with Crippen LogP contribution in [0.15, 0.2) is 48.8 Å². The molecule has 1 N–H and O–H groups in total. The Kier molecular flexibility index (Phi) is 6.75. The summed E-state index contributed by atoms with van der Waals surface area (Å²) in [4.78, 5) is 16.1. The second kappa shape index (κ2) is 8.80. The quantitative estimate of drug-likeness (QED) is 0.573. The van der Waals surface area contributed by atoms with Crippen LogP contribution >= 0.6 is 11.6 Å². The molecule has 6 nitrogen and oxygen atoms in total. The van der Waals surface area contributed by atoms with E-state index in [1.165, 1.54) is 0 Å². The number of hydrogen-bond donors (Lipinski definition) is 1. The first-order valence-electron chi connectivity index (χ1n) is 7.89. The zero-order valence-corrected chi connectivity index (χ0v) is 15.0. The van der Waals surface area contributed by atoms with Crippen molar-refractivity contribution in [3.8, 4) is 5.75 Å². The number of carbonyl (C=O) groups is 1. The summed E-state index contributed by atoms with van der Waals surface area (Å²) in [5.41, 5.74) is -0.328. The third-order valence-electron chi connectivity index (χ3n) is 3.42. The summed E-state index contributed by atoms with van der Waals surface area (Å²) in [7, 11) is 0. The molecule has 0 saturated heterocycles. The number of benzene rings is 1. The fourth-order valence-corrected chi connectivity index (χ4v) is 2.22. The molecular weight excluding hydrogens is 344 g/mol. The summed E-state index contributed by atoms with van der Waals surface area (Å²) in [6.45, 7) is 3.67. The van der Waals surface area contributed by atoms with Gasteiger partial charge in [0.25, 0.3) is 0 Å². The van der Waals surface area contributed by atoms with Crippen molar-refractivity contribution in [2.24, 2.45) is 0 Å². The predicted octanol–water partition coefficient (Wildman–Crippen LogP) is 2.02. The molecule has 0 fully saturated rings. The summed E-state index contributed by atoms with van der Waals surface area (Å²) in [6.07, 6.45) is 3.30. The lowest BCUT2D eigenvalue weighted by atomic mass is 10.1. The zero-order chi connectivity index (χ0) is 18.3. The molecule has 1 aromatic carbocycles. The Morgan fingerprint density at radius 2 is 2.00 bits per heavy atom. The van der Waals surface area contributed by atoms with E-state index in [2.05, 4.69) is 4.98 Å². The van der Waals surface area contributed by atoms with Gasteiger partial charge in [0.15, 0.2) is 5.60 Å². The van der Waals surface area contributed by atoms with E-state index >= 15 is 0 Å². The normalized spacial score (nSPS) is 12.5. The van der Waals surface area contributed by atoms with Gasteiger partial charge in [-0.15, -0.1) is 0 Å². The molecule has 134 valence electrons. The van der Waals surface area contributed by atoms with Crippen LogP contribution in [0.25, 0.3) is 0 Å². The number of nitrogens with one attached hydrogen (secondary N) is 1. The molecule has 0 amide bonds. The second-order valence-electron chi connectivity index (χ2n) is 6.03. The lowest BCUT2D eigenvalue weighted by Crippen LogP contribution is -3.06. The average Bonchev–Trinajstić information content (AvgIpc) is 2.57. The molecule has 0 aliphatic rings. The van der Waals surface area contributed by atoms with Crippen molar-refractivity contribution in [2.75, 3.05) is 13.2 Å². The minimum absolute atomic E-state index is 0.0165. The minimum Gasteiger partial charge on any atom is -0.634 e. The van der Waals surface area contributed by atoms with Gasteiger partial charge in [-0.25, -0.2) is 4.79 Å². The van der Waals surface area contributed by atoms with Gasteiger partial charge in [-0.2, -0.15) is 0 Å². The maximum atomic E-state index is 12.2. The number of pyridine rings is 1. The summed E-state index contributed by atoms with van der Waals surface area (Å²) in [5.74, 6) is -0.0179. The van der Waals surface area contributed by atoms with Gasteiger partial charge in [-0.3, -0.25) is 4.98 Å². The number of nitrogens with zero attached hydrogens (tertiary/aromatic N) is 1. The molecule has 25 heavy (non-hydrogen) atoms. The number of quaternary nitrogens is 1. The van der Waals surface area contributed by atoms with Gasteiger partial charge in [0.05, 0.1) is 0 Å². The van der Waals surface area contributed by atoms with E-state index in [4.69, 9.17) is 21.1 Å². The van der Waals surface area contributed by atoms with Crippen molar-refractivity contribution in [3.63, 3.8) is 0 Å². The van der Waals surface area contributed by atoms with E-state index in [9.17, 15) is 10.0 Å². The molecule has 0 saturated carbocycles. The third-order valence-corrected chi connectivity index (χ3v) is 3.67. The van der Waals surface area contributed by atoms with Gasteiger partial charge in [0.1, 0.15) is 25.4 Å². The smallest absolute Gasteiger partial charge is 0.350 e. The van der Waals surface area contributed by atoms with Crippen molar-refractivity contribution in [1.82, 2.24) is 4.98 Å². The molecule has 1 heterocycles. The fraction of sp³-hybridized carbons (Fsp3) is 0.333. The van der Waals surface area contributed by atoms with Crippen LogP contribution in [-0.2, 0) is 16.1 Å². The maximum Gasteiger partial charge on any atom is 0.350 e. The largest absolute Gasteiger partial charge is 0.634 e. The van der Waals surface area contributed by atoms with Crippen molar-refractivity contribution in [2.45, 2.75) is 26.0 Å². The van der Waals surface area contributed by atoms with Crippen molar-refractivity contribution < 1.29 is 19.3 Å². The Morgan fingerprint density at radius 1 is 1.28 bits per heavy atom. The zero-order valence-electron chi connectivity index (χ0n) is 14.2. The van der Waals surface area contributed by atoms with Gasteiger partial charge < -0.3 is 19.7 Å². The SMILES string of the molecule is CC(C)(Oc1ccc(Cl)cc1)C(=O)OCC[NH+]([O-])Cc1cccnc1. The standard InChI is InChI=1S/C18H21ClN2O4/c1-18(2,25-16-7-5-15(19)6-8-16)17(22)24-11-10-21(23)13-14-4-3-9-20-12-14/h3-9,12,21H,10-11,13H2,1-2H3. The van der Waals surface area contributed by atoms with Crippen LogP contribution < -0.4 is 9.80 Å². The molecule has 2 rings (SSSR count). The number of hydroxylamine groups is 2. The monoisotopic (exact) mass is 364 g/mol. The van der Waals surface area contributed by atoms with Crippen LogP contribution in [-0.4, -0.2) is 29.7 Å². The molecular formula is C18H21ClN2O4. The van der Waals surface area contributed by atoms with Gasteiger partial charge in [0, 0.05) is 23.0 Å². The summed E-state index contributed by atoms with van der Waals surface area (Å²) in [5, 5.41) is 12.5. The Bertz CT molecular complexity index is 677. The number of rotatable bonds is 8. The lowest BCUT2D eigenvalue weighted by molar-refractivity contribution is -0.862. The van der Waals surface area contributed by atoms with Gasteiger partial charge in [-0.1, -0.05) is 17.7 Å². The minimum atomic E-state index is -1.17. The molecule has 0 spiro atoms. The molecule has 2 aromatic rings. The molecule has 0 radical (unpaired) electrons. The Balaban J connectivity index is 1.77. The van der Waals surface area contributed by atoms with Crippen molar-refractivity contribution in [1.29, 1.82) is 0 Å². The summed E-state index contributed by atoms with van der Waals surface area (Å²) in [6, 6.07) is 10.3. The van der Waals surface area contributed by atoms with Crippen LogP contribution in [0.3, 0.4) is 0 Å². The van der Waals surface area contributed by atoms with E-state index in [1.807, 2.05) is 6.07 Å².